The molecule has 0 saturated carbocycles. The standard InChI is InChI=1S/C20H21N3O5/c1-3-23-10-14(13(2)22-23)9-21-20(24)18-7-5-16(28-18)11-25-15-4-6-17-19(8-15)27-12-26-17/h4-8,10H,3,9,11-12H2,1-2H3,(H,21,24). The first-order valence-electron chi connectivity index (χ1n) is 9.04. The molecular formula is C20H21N3O5. The van der Waals surface area contributed by atoms with E-state index in [9.17, 15) is 4.79 Å². The van der Waals surface area contributed by atoms with Gasteiger partial charge < -0.3 is 23.9 Å². The number of rotatable bonds is 7. The van der Waals surface area contributed by atoms with Crippen molar-refractivity contribution in [3.05, 3.63) is 59.3 Å². The van der Waals surface area contributed by atoms with Crippen LogP contribution in [0.15, 0.2) is 40.9 Å². The van der Waals surface area contributed by atoms with Gasteiger partial charge in [0.05, 0.1) is 5.69 Å². The Morgan fingerprint density at radius 3 is 2.93 bits per heavy atom. The van der Waals surface area contributed by atoms with E-state index in [0.29, 0.717) is 29.6 Å². The minimum absolute atomic E-state index is 0.204. The van der Waals surface area contributed by atoms with Crippen LogP contribution < -0.4 is 19.5 Å². The third kappa shape index (κ3) is 3.80. The number of aromatic nitrogens is 2. The molecule has 1 aliphatic rings. The van der Waals surface area contributed by atoms with Gasteiger partial charge in [-0.15, -0.1) is 0 Å². The number of nitrogens with one attached hydrogen (secondary N) is 1. The second-order valence-corrected chi connectivity index (χ2v) is 6.35. The van der Waals surface area contributed by atoms with Gasteiger partial charge >= 0.3 is 0 Å². The van der Waals surface area contributed by atoms with E-state index in [1.54, 1.807) is 30.3 Å². The van der Waals surface area contributed by atoms with Crippen molar-refractivity contribution >= 4 is 5.91 Å². The summed E-state index contributed by atoms with van der Waals surface area (Å²) >= 11 is 0. The lowest BCUT2D eigenvalue weighted by Gasteiger charge is -2.05. The highest BCUT2D eigenvalue weighted by molar-refractivity contribution is 5.91. The van der Waals surface area contributed by atoms with Crippen molar-refractivity contribution in [1.29, 1.82) is 0 Å². The molecule has 3 heterocycles. The van der Waals surface area contributed by atoms with Crippen molar-refractivity contribution < 1.29 is 23.4 Å². The summed E-state index contributed by atoms with van der Waals surface area (Å²) in [6, 6.07) is 8.71. The van der Waals surface area contributed by atoms with E-state index in [2.05, 4.69) is 10.4 Å². The quantitative estimate of drug-likeness (QED) is 0.675. The highest BCUT2D eigenvalue weighted by atomic mass is 16.7. The molecule has 4 rings (SSSR count). The van der Waals surface area contributed by atoms with Gasteiger partial charge in [-0.1, -0.05) is 0 Å². The molecule has 2 aromatic heterocycles. The van der Waals surface area contributed by atoms with Crippen LogP contribution in [0.2, 0.25) is 0 Å². The van der Waals surface area contributed by atoms with Gasteiger partial charge in [-0.3, -0.25) is 9.48 Å². The Labute approximate surface area is 162 Å². The Bertz CT molecular complexity index is 992. The number of carbonyl (C=O) groups is 1. The van der Waals surface area contributed by atoms with E-state index in [0.717, 1.165) is 17.8 Å². The summed E-state index contributed by atoms with van der Waals surface area (Å²) in [5.74, 6) is 2.50. The van der Waals surface area contributed by atoms with E-state index < -0.39 is 0 Å². The van der Waals surface area contributed by atoms with Crippen molar-refractivity contribution in [3.8, 4) is 17.2 Å². The number of furan rings is 1. The zero-order valence-corrected chi connectivity index (χ0v) is 15.7. The molecule has 8 nitrogen and oxygen atoms in total. The number of aryl methyl sites for hydroxylation is 2. The molecule has 1 aliphatic heterocycles. The minimum Gasteiger partial charge on any atom is -0.486 e. The number of fused-ring (bicyclic) bond motifs is 1. The average Bonchev–Trinajstić information content (AvgIpc) is 3.43. The van der Waals surface area contributed by atoms with Crippen LogP contribution in [0, 0.1) is 6.92 Å². The summed E-state index contributed by atoms with van der Waals surface area (Å²) in [6.45, 7) is 5.55. The van der Waals surface area contributed by atoms with Gasteiger partial charge in [-0.2, -0.15) is 5.10 Å². The maximum atomic E-state index is 12.3. The van der Waals surface area contributed by atoms with Gasteiger partial charge in [0.15, 0.2) is 17.3 Å². The maximum absolute atomic E-state index is 12.3. The summed E-state index contributed by atoms with van der Waals surface area (Å²) in [5, 5.41) is 7.22. The topological polar surface area (TPSA) is 87.8 Å². The number of hydrogen-bond acceptors (Lipinski definition) is 6. The van der Waals surface area contributed by atoms with Crippen LogP contribution in [0.5, 0.6) is 17.2 Å². The second kappa shape index (κ2) is 7.67. The molecule has 1 amide bonds. The Hall–Kier alpha value is -3.42. The van der Waals surface area contributed by atoms with Crippen molar-refractivity contribution in [2.24, 2.45) is 0 Å². The van der Waals surface area contributed by atoms with Crippen molar-refractivity contribution in [3.63, 3.8) is 0 Å². The Morgan fingerprint density at radius 1 is 1.25 bits per heavy atom. The summed E-state index contributed by atoms with van der Waals surface area (Å²) in [4.78, 5) is 12.3. The molecule has 0 fully saturated rings. The van der Waals surface area contributed by atoms with Crippen LogP contribution in [0.25, 0.3) is 0 Å². The lowest BCUT2D eigenvalue weighted by atomic mass is 10.2. The predicted molar refractivity (Wildman–Crippen MR) is 99.4 cm³/mol. The van der Waals surface area contributed by atoms with Crippen molar-refractivity contribution in [1.82, 2.24) is 15.1 Å². The molecule has 0 saturated heterocycles. The fourth-order valence-corrected chi connectivity index (χ4v) is 2.86. The van der Waals surface area contributed by atoms with Gasteiger partial charge in [-0.25, -0.2) is 0 Å². The Balaban J connectivity index is 1.32. The number of carbonyl (C=O) groups excluding carboxylic acids is 1. The maximum Gasteiger partial charge on any atom is 0.287 e. The number of nitrogens with zero attached hydrogens (tertiary/aromatic N) is 2. The van der Waals surface area contributed by atoms with Gasteiger partial charge in [0.1, 0.15) is 18.1 Å². The smallest absolute Gasteiger partial charge is 0.287 e. The number of amides is 1. The molecule has 0 bridgehead atoms. The van der Waals surface area contributed by atoms with Crippen LogP contribution in [-0.4, -0.2) is 22.5 Å². The SMILES string of the molecule is CCn1cc(CNC(=O)c2ccc(COc3ccc4c(c3)OCO4)o2)c(C)n1. The third-order valence-corrected chi connectivity index (χ3v) is 4.42. The third-order valence-electron chi connectivity index (χ3n) is 4.42. The van der Waals surface area contributed by atoms with E-state index in [1.807, 2.05) is 24.7 Å². The van der Waals surface area contributed by atoms with Crippen LogP contribution in [-0.2, 0) is 19.7 Å². The van der Waals surface area contributed by atoms with Crippen LogP contribution in [0.3, 0.4) is 0 Å². The minimum atomic E-state index is -0.280. The molecule has 8 heteroatoms. The first-order valence-corrected chi connectivity index (χ1v) is 9.04. The lowest BCUT2D eigenvalue weighted by Crippen LogP contribution is -2.22. The molecule has 0 spiro atoms. The van der Waals surface area contributed by atoms with Gasteiger partial charge in [0.2, 0.25) is 6.79 Å². The fraction of sp³-hybridized carbons (Fsp3) is 0.300. The van der Waals surface area contributed by atoms with Crippen LogP contribution >= 0.6 is 0 Å². The van der Waals surface area contributed by atoms with E-state index in [1.165, 1.54) is 0 Å². The highest BCUT2D eigenvalue weighted by Crippen LogP contribution is 2.35. The predicted octanol–water partition coefficient (Wildman–Crippen LogP) is 3.04. The van der Waals surface area contributed by atoms with E-state index in [-0.39, 0.29) is 25.1 Å². The zero-order valence-electron chi connectivity index (χ0n) is 15.7. The summed E-state index contributed by atoms with van der Waals surface area (Å²) in [5.41, 5.74) is 1.88. The van der Waals surface area contributed by atoms with Crippen molar-refractivity contribution in [2.45, 2.75) is 33.5 Å². The Kier molecular flexibility index (Phi) is 4.92. The van der Waals surface area contributed by atoms with Gasteiger partial charge in [0, 0.05) is 30.9 Å². The number of hydrogen-bond donors (Lipinski definition) is 1. The van der Waals surface area contributed by atoms with Crippen LogP contribution in [0.4, 0.5) is 0 Å². The summed E-state index contributed by atoms with van der Waals surface area (Å²) in [6.07, 6.45) is 1.93. The summed E-state index contributed by atoms with van der Waals surface area (Å²) in [7, 11) is 0. The largest absolute Gasteiger partial charge is 0.486 e. The average molecular weight is 383 g/mol. The van der Waals surface area contributed by atoms with Gasteiger partial charge in [-0.05, 0) is 38.1 Å². The summed E-state index contributed by atoms with van der Waals surface area (Å²) < 4.78 is 23.7. The monoisotopic (exact) mass is 383 g/mol. The lowest BCUT2D eigenvalue weighted by molar-refractivity contribution is 0.0919. The highest BCUT2D eigenvalue weighted by Gasteiger charge is 2.15. The fourth-order valence-electron chi connectivity index (χ4n) is 2.86. The molecular weight excluding hydrogens is 362 g/mol. The normalized spacial score (nSPS) is 12.2. The molecule has 1 N–H and O–H groups in total. The molecule has 0 atom stereocenters. The molecule has 146 valence electrons. The molecule has 0 unspecified atom stereocenters. The zero-order chi connectivity index (χ0) is 19.5. The molecule has 3 aromatic rings. The number of ether oxygens (including phenoxy) is 3. The van der Waals surface area contributed by atoms with E-state index >= 15 is 0 Å². The molecule has 1 aromatic carbocycles. The Morgan fingerprint density at radius 2 is 2.11 bits per heavy atom. The molecule has 0 aliphatic carbocycles. The van der Waals surface area contributed by atoms with Crippen molar-refractivity contribution in [2.75, 3.05) is 6.79 Å². The first-order chi connectivity index (χ1) is 13.6. The van der Waals surface area contributed by atoms with Crippen LogP contribution in [0.1, 0.15) is 34.5 Å². The first kappa shape index (κ1) is 18.0. The number of benzene rings is 1. The molecule has 28 heavy (non-hydrogen) atoms. The van der Waals surface area contributed by atoms with E-state index in [4.69, 9.17) is 18.6 Å². The molecule has 0 radical (unpaired) electrons. The second-order valence-electron chi connectivity index (χ2n) is 6.35. The van der Waals surface area contributed by atoms with Gasteiger partial charge in [0.25, 0.3) is 5.91 Å².